The van der Waals surface area contributed by atoms with Gasteiger partial charge in [0.2, 0.25) is 5.91 Å². The van der Waals surface area contributed by atoms with Crippen molar-refractivity contribution < 1.29 is 22.4 Å². The van der Waals surface area contributed by atoms with Crippen LogP contribution in [-0.4, -0.2) is 5.91 Å². The first-order valence-corrected chi connectivity index (χ1v) is 14.2. The highest BCUT2D eigenvalue weighted by molar-refractivity contribution is 6.30. The second-order valence-electron chi connectivity index (χ2n) is 11.1. The quantitative estimate of drug-likeness (QED) is 0.181. The molecule has 2 nitrogen and oxygen atoms in total. The van der Waals surface area contributed by atoms with Crippen molar-refractivity contribution in [3.05, 3.63) is 124 Å². The SMILES string of the molecule is C/C(F)=C(F)\C=C/C(C)CCC1(Cc2ccc(F)c(F)c2)CCC(c2ccc(Cl)cc2)N(c2ccc(C)cc2)C1=O. The maximum Gasteiger partial charge on any atom is 0.234 e. The summed E-state index contributed by atoms with van der Waals surface area (Å²) in [5.41, 5.74) is 2.35. The van der Waals surface area contributed by atoms with Crippen molar-refractivity contribution in [1.82, 2.24) is 0 Å². The Morgan fingerprint density at radius 2 is 1.73 bits per heavy atom. The van der Waals surface area contributed by atoms with Gasteiger partial charge in [-0.3, -0.25) is 4.79 Å². The fourth-order valence-electron chi connectivity index (χ4n) is 5.54. The largest absolute Gasteiger partial charge is 0.304 e. The lowest BCUT2D eigenvalue weighted by Crippen LogP contribution is -2.51. The number of piperidine rings is 1. The molecule has 3 atom stereocenters. The van der Waals surface area contributed by atoms with Crippen molar-refractivity contribution in [2.75, 3.05) is 4.90 Å². The zero-order chi connectivity index (χ0) is 29.7. The summed E-state index contributed by atoms with van der Waals surface area (Å²) in [5.74, 6) is -4.00. The molecule has 4 rings (SSSR count). The van der Waals surface area contributed by atoms with Crippen LogP contribution in [0.1, 0.15) is 62.3 Å². The molecule has 1 aliphatic rings. The monoisotopic (exact) mass is 583 g/mol. The van der Waals surface area contributed by atoms with E-state index >= 15 is 0 Å². The number of allylic oxidation sites excluding steroid dienone is 4. The highest BCUT2D eigenvalue weighted by atomic mass is 35.5. The van der Waals surface area contributed by atoms with Crippen LogP contribution in [0.5, 0.6) is 0 Å². The Labute approximate surface area is 244 Å². The van der Waals surface area contributed by atoms with Crippen LogP contribution in [0.25, 0.3) is 0 Å². The Hall–Kier alpha value is -3.38. The van der Waals surface area contributed by atoms with Gasteiger partial charge in [0.25, 0.3) is 0 Å². The van der Waals surface area contributed by atoms with Gasteiger partial charge >= 0.3 is 0 Å². The number of aryl methyl sites for hydroxylation is 1. The summed E-state index contributed by atoms with van der Waals surface area (Å²) in [6.07, 6.45) is 4.99. The van der Waals surface area contributed by atoms with E-state index in [9.17, 15) is 22.4 Å². The molecule has 3 aromatic carbocycles. The van der Waals surface area contributed by atoms with E-state index in [1.807, 2.05) is 55.1 Å². The second kappa shape index (κ2) is 13.1. The minimum Gasteiger partial charge on any atom is -0.304 e. The fraction of sp³-hybridized carbons (Fsp3) is 0.324. The summed E-state index contributed by atoms with van der Waals surface area (Å²) in [6.45, 7) is 4.91. The number of rotatable bonds is 9. The molecule has 1 aliphatic heterocycles. The molecule has 0 bridgehead atoms. The third-order valence-corrected chi connectivity index (χ3v) is 8.20. The molecule has 1 fully saturated rings. The summed E-state index contributed by atoms with van der Waals surface area (Å²) < 4.78 is 55.0. The molecule has 0 aliphatic carbocycles. The molecule has 0 saturated carbocycles. The summed E-state index contributed by atoms with van der Waals surface area (Å²) in [5, 5.41) is 0.599. The molecule has 0 aromatic heterocycles. The zero-order valence-electron chi connectivity index (χ0n) is 23.4. The average Bonchev–Trinajstić information content (AvgIpc) is 2.95. The van der Waals surface area contributed by atoms with Crippen LogP contribution < -0.4 is 4.90 Å². The number of benzene rings is 3. The van der Waals surface area contributed by atoms with Crippen LogP contribution in [0.4, 0.5) is 23.2 Å². The maximum atomic E-state index is 14.7. The molecule has 7 heteroatoms. The maximum absolute atomic E-state index is 14.7. The molecule has 0 radical (unpaired) electrons. The number of anilines is 1. The molecule has 3 aromatic rings. The van der Waals surface area contributed by atoms with Gasteiger partial charge in [0, 0.05) is 10.7 Å². The molecule has 1 saturated heterocycles. The highest BCUT2D eigenvalue weighted by Gasteiger charge is 2.48. The normalized spacial score (nSPS) is 20.8. The Bertz CT molecular complexity index is 1430. The van der Waals surface area contributed by atoms with Crippen LogP contribution in [0.2, 0.25) is 5.02 Å². The number of hydrogen-bond donors (Lipinski definition) is 0. The predicted octanol–water partition coefficient (Wildman–Crippen LogP) is 10.2. The number of carbonyl (C=O) groups is 1. The molecule has 3 unspecified atom stereocenters. The Kier molecular flexibility index (Phi) is 9.75. The topological polar surface area (TPSA) is 20.3 Å². The first kappa shape index (κ1) is 30.6. The summed E-state index contributed by atoms with van der Waals surface area (Å²) in [6, 6.07) is 18.7. The van der Waals surface area contributed by atoms with Gasteiger partial charge in [0.1, 0.15) is 5.83 Å². The van der Waals surface area contributed by atoms with Gasteiger partial charge in [0.15, 0.2) is 17.5 Å². The minimum absolute atomic E-state index is 0.112. The number of halogens is 5. The Morgan fingerprint density at radius 1 is 1.05 bits per heavy atom. The van der Waals surface area contributed by atoms with Gasteiger partial charge in [-0.05, 0) is 105 Å². The van der Waals surface area contributed by atoms with Crippen molar-refractivity contribution >= 4 is 23.2 Å². The van der Waals surface area contributed by atoms with E-state index in [2.05, 4.69) is 0 Å². The van der Waals surface area contributed by atoms with Crippen molar-refractivity contribution in [2.45, 2.75) is 58.9 Å². The van der Waals surface area contributed by atoms with Crippen LogP contribution in [0.15, 0.2) is 90.5 Å². The summed E-state index contributed by atoms with van der Waals surface area (Å²) in [4.78, 5) is 16.5. The first-order valence-electron chi connectivity index (χ1n) is 13.8. The summed E-state index contributed by atoms with van der Waals surface area (Å²) >= 11 is 6.15. The molecular formula is C34H34ClF4NO. The van der Waals surface area contributed by atoms with E-state index < -0.39 is 28.7 Å². The number of nitrogens with zero attached hydrogens (tertiary/aromatic N) is 1. The molecule has 1 heterocycles. The smallest absolute Gasteiger partial charge is 0.234 e. The average molecular weight is 584 g/mol. The molecule has 0 spiro atoms. The van der Waals surface area contributed by atoms with E-state index in [-0.39, 0.29) is 24.3 Å². The lowest BCUT2D eigenvalue weighted by Gasteiger charge is -2.47. The molecule has 0 N–H and O–H groups in total. The third-order valence-electron chi connectivity index (χ3n) is 7.95. The van der Waals surface area contributed by atoms with E-state index in [4.69, 9.17) is 11.6 Å². The second-order valence-corrected chi connectivity index (χ2v) is 11.5. The van der Waals surface area contributed by atoms with Crippen molar-refractivity contribution in [2.24, 2.45) is 11.3 Å². The Balaban J connectivity index is 1.74. The van der Waals surface area contributed by atoms with Crippen LogP contribution >= 0.6 is 11.6 Å². The molecule has 1 amide bonds. The first-order chi connectivity index (χ1) is 19.5. The molecule has 41 heavy (non-hydrogen) atoms. The van der Waals surface area contributed by atoms with Crippen molar-refractivity contribution in [1.29, 1.82) is 0 Å². The lowest BCUT2D eigenvalue weighted by atomic mass is 9.68. The standard InChI is InChI=1S/C34H34ClF4NO/c1-22-4-12-28(13-5-22)40-32(26-8-10-27(35)11-9-26)17-19-34(33(40)41,21-25-7-15-30(38)31(39)20-25)18-16-23(2)6-14-29(37)24(3)36/h4-15,20,23,32H,16-19,21H2,1-3H3/b14-6-,29-24-. The van der Waals surface area contributed by atoms with E-state index in [1.54, 1.807) is 18.2 Å². The van der Waals surface area contributed by atoms with Gasteiger partial charge in [-0.15, -0.1) is 0 Å². The Morgan fingerprint density at radius 3 is 2.37 bits per heavy atom. The fourth-order valence-corrected chi connectivity index (χ4v) is 5.66. The number of carbonyl (C=O) groups excluding carboxylic acids is 1. The molecule has 216 valence electrons. The van der Waals surface area contributed by atoms with Crippen LogP contribution in [0, 0.1) is 29.9 Å². The van der Waals surface area contributed by atoms with Crippen LogP contribution in [0.3, 0.4) is 0 Å². The van der Waals surface area contributed by atoms with Gasteiger partial charge in [-0.1, -0.05) is 60.5 Å². The predicted molar refractivity (Wildman–Crippen MR) is 157 cm³/mol. The van der Waals surface area contributed by atoms with Gasteiger partial charge in [0.05, 0.1) is 11.5 Å². The molecular weight excluding hydrogens is 550 g/mol. The van der Waals surface area contributed by atoms with E-state index in [0.29, 0.717) is 36.3 Å². The third kappa shape index (κ3) is 7.28. The zero-order valence-corrected chi connectivity index (χ0v) is 24.2. The van der Waals surface area contributed by atoms with Crippen molar-refractivity contribution in [3.63, 3.8) is 0 Å². The number of amides is 1. The van der Waals surface area contributed by atoms with E-state index in [0.717, 1.165) is 41.9 Å². The van der Waals surface area contributed by atoms with Gasteiger partial charge < -0.3 is 4.90 Å². The van der Waals surface area contributed by atoms with E-state index in [1.165, 1.54) is 6.07 Å². The number of hydrogen-bond acceptors (Lipinski definition) is 1. The minimum atomic E-state index is -0.963. The van der Waals surface area contributed by atoms with Gasteiger partial charge in [-0.2, -0.15) is 0 Å². The summed E-state index contributed by atoms with van der Waals surface area (Å²) in [7, 11) is 0. The van der Waals surface area contributed by atoms with Gasteiger partial charge in [-0.25, -0.2) is 17.6 Å². The van der Waals surface area contributed by atoms with Crippen LogP contribution in [-0.2, 0) is 11.2 Å². The van der Waals surface area contributed by atoms with Crippen molar-refractivity contribution in [3.8, 4) is 0 Å². The highest BCUT2D eigenvalue weighted by Crippen LogP contribution is 2.48. The lowest BCUT2D eigenvalue weighted by molar-refractivity contribution is -0.132.